The van der Waals surface area contributed by atoms with Crippen LogP contribution >= 0.6 is 23.1 Å². The molecular formula is C16H13NO2S2. The number of nitrogens with zero attached hydrogens (tertiary/aromatic N) is 1. The number of aromatic nitrogens is 1. The first-order chi connectivity index (χ1) is 10.3. The molecule has 0 aliphatic carbocycles. The number of benzene rings is 2. The lowest BCUT2D eigenvalue weighted by Gasteiger charge is -2.05. The molecule has 0 spiro atoms. The minimum atomic E-state index is -0.306. The molecular weight excluding hydrogens is 302 g/mol. The number of rotatable bonds is 4. The molecule has 0 saturated heterocycles. The van der Waals surface area contributed by atoms with Crippen molar-refractivity contribution >= 4 is 39.3 Å². The van der Waals surface area contributed by atoms with Gasteiger partial charge in [0.25, 0.3) is 0 Å². The summed E-state index contributed by atoms with van der Waals surface area (Å²) in [6, 6.07) is 13.4. The Balaban J connectivity index is 1.67. The summed E-state index contributed by atoms with van der Waals surface area (Å²) in [6.07, 6.45) is 2.03. The molecule has 0 N–H and O–H groups in total. The van der Waals surface area contributed by atoms with E-state index < -0.39 is 0 Å². The van der Waals surface area contributed by atoms with E-state index in [2.05, 4.69) is 4.98 Å². The fraction of sp³-hybridized carbons (Fsp3) is 0.125. The van der Waals surface area contributed by atoms with Crippen molar-refractivity contribution in [2.45, 2.75) is 11.5 Å². The average Bonchev–Trinajstić information content (AvgIpc) is 3.00. The number of fused-ring (bicyclic) bond motifs is 1. The smallest absolute Gasteiger partial charge is 0.338 e. The van der Waals surface area contributed by atoms with Crippen molar-refractivity contribution in [1.82, 2.24) is 4.98 Å². The fourth-order valence-corrected chi connectivity index (χ4v) is 3.06. The second-order valence-electron chi connectivity index (χ2n) is 4.46. The molecule has 0 saturated carbocycles. The average molecular weight is 315 g/mol. The molecule has 3 nitrogen and oxygen atoms in total. The van der Waals surface area contributed by atoms with E-state index in [1.165, 1.54) is 16.2 Å². The third kappa shape index (κ3) is 3.25. The van der Waals surface area contributed by atoms with Crippen molar-refractivity contribution in [2.75, 3.05) is 6.26 Å². The number of esters is 1. The van der Waals surface area contributed by atoms with Gasteiger partial charge in [0.1, 0.15) is 6.61 Å². The first-order valence-corrected chi connectivity index (χ1v) is 8.50. The third-order valence-electron chi connectivity index (χ3n) is 3.10. The summed E-state index contributed by atoms with van der Waals surface area (Å²) in [4.78, 5) is 17.5. The van der Waals surface area contributed by atoms with Crippen molar-refractivity contribution in [3.8, 4) is 0 Å². The molecule has 5 heteroatoms. The van der Waals surface area contributed by atoms with Gasteiger partial charge in [0.05, 0.1) is 21.3 Å². The molecule has 0 unspecified atom stereocenters. The summed E-state index contributed by atoms with van der Waals surface area (Å²) >= 11 is 3.20. The summed E-state index contributed by atoms with van der Waals surface area (Å²) in [6.45, 7) is 0.286. The minimum Gasteiger partial charge on any atom is -0.457 e. The Hall–Kier alpha value is -1.85. The molecule has 3 aromatic rings. The molecule has 0 radical (unpaired) electrons. The Morgan fingerprint density at radius 3 is 2.81 bits per heavy atom. The van der Waals surface area contributed by atoms with E-state index in [9.17, 15) is 4.79 Å². The second-order valence-corrected chi connectivity index (χ2v) is 6.23. The maximum absolute atomic E-state index is 12.1. The lowest BCUT2D eigenvalue weighted by atomic mass is 10.2. The van der Waals surface area contributed by atoms with Crippen LogP contribution in [0.5, 0.6) is 0 Å². The van der Waals surface area contributed by atoms with Gasteiger partial charge in [-0.15, -0.1) is 23.1 Å². The van der Waals surface area contributed by atoms with Gasteiger partial charge in [-0.1, -0.05) is 12.1 Å². The van der Waals surface area contributed by atoms with Crippen LogP contribution in [0.3, 0.4) is 0 Å². The molecule has 1 heterocycles. The maximum Gasteiger partial charge on any atom is 0.338 e. The first kappa shape index (κ1) is 14.1. The van der Waals surface area contributed by atoms with Gasteiger partial charge in [-0.2, -0.15) is 0 Å². The molecule has 2 aromatic carbocycles. The van der Waals surface area contributed by atoms with Crippen LogP contribution in [-0.4, -0.2) is 17.2 Å². The van der Waals surface area contributed by atoms with E-state index in [0.717, 1.165) is 15.8 Å². The highest BCUT2D eigenvalue weighted by Gasteiger charge is 2.09. The summed E-state index contributed by atoms with van der Waals surface area (Å²) in [5, 5.41) is 0. The largest absolute Gasteiger partial charge is 0.457 e. The molecule has 0 aliphatic heterocycles. The van der Waals surface area contributed by atoms with E-state index >= 15 is 0 Å². The number of thiazole rings is 1. The Morgan fingerprint density at radius 1 is 1.24 bits per heavy atom. The molecule has 0 amide bonds. The van der Waals surface area contributed by atoms with Crippen LogP contribution in [0.4, 0.5) is 0 Å². The van der Waals surface area contributed by atoms with Crippen molar-refractivity contribution < 1.29 is 9.53 Å². The number of hydrogen-bond donors (Lipinski definition) is 0. The SMILES string of the molecule is CSc1ccc(COC(=O)c2ccc3ncsc3c2)cc1. The van der Waals surface area contributed by atoms with Crippen molar-refractivity contribution in [3.63, 3.8) is 0 Å². The summed E-state index contributed by atoms with van der Waals surface area (Å²) in [5.74, 6) is -0.306. The predicted octanol–water partition coefficient (Wildman–Crippen LogP) is 4.38. The molecule has 0 atom stereocenters. The van der Waals surface area contributed by atoms with Gasteiger partial charge in [-0.3, -0.25) is 0 Å². The number of thioether (sulfide) groups is 1. The number of carbonyl (C=O) groups excluding carboxylic acids is 1. The zero-order valence-electron chi connectivity index (χ0n) is 11.4. The highest BCUT2D eigenvalue weighted by molar-refractivity contribution is 7.98. The molecule has 1 aromatic heterocycles. The van der Waals surface area contributed by atoms with Gasteiger partial charge >= 0.3 is 5.97 Å². The van der Waals surface area contributed by atoms with Crippen LogP contribution in [0.15, 0.2) is 52.9 Å². The van der Waals surface area contributed by atoms with E-state index in [1.807, 2.05) is 42.7 Å². The molecule has 3 rings (SSSR count). The van der Waals surface area contributed by atoms with Crippen LogP contribution in [0.25, 0.3) is 10.2 Å². The van der Waals surface area contributed by atoms with Crippen molar-refractivity contribution in [3.05, 3.63) is 59.1 Å². The van der Waals surface area contributed by atoms with E-state index in [-0.39, 0.29) is 12.6 Å². The summed E-state index contributed by atoms with van der Waals surface area (Å²) in [7, 11) is 0. The number of ether oxygens (including phenoxy) is 1. The van der Waals surface area contributed by atoms with Crippen LogP contribution in [0, 0.1) is 0 Å². The van der Waals surface area contributed by atoms with Crippen LogP contribution in [-0.2, 0) is 11.3 Å². The molecule has 21 heavy (non-hydrogen) atoms. The highest BCUT2D eigenvalue weighted by atomic mass is 32.2. The van der Waals surface area contributed by atoms with Gasteiger partial charge in [-0.25, -0.2) is 9.78 Å². The Labute approximate surface area is 131 Å². The number of carbonyl (C=O) groups is 1. The predicted molar refractivity (Wildman–Crippen MR) is 87.0 cm³/mol. The van der Waals surface area contributed by atoms with Crippen molar-refractivity contribution in [2.24, 2.45) is 0 Å². The van der Waals surface area contributed by atoms with Crippen molar-refractivity contribution in [1.29, 1.82) is 0 Å². The zero-order chi connectivity index (χ0) is 14.7. The Bertz CT molecular complexity index is 765. The van der Waals surface area contributed by atoms with Gasteiger partial charge in [0.15, 0.2) is 0 Å². The topological polar surface area (TPSA) is 39.2 Å². The van der Waals surface area contributed by atoms with Crippen LogP contribution in [0.2, 0.25) is 0 Å². The highest BCUT2D eigenvalue weighted by Crippen LogP contribution is 2.20. The first-order valence-electron chi connectivity index (χ1n) is 6.39. The molecule has 0 bridgehead atoms. The molecule has 106 valence electrons. The van der Waals surface area contributed by atoms with E-state index in [4.69, 9.17) is 4.74 Å². The molecule has 0 fully saturated rings. The lowest BCUT2D eigenvalue weighted by molar-refractivity contribution is 0.0473. The monoisotopic (exact) mass is 315 g/mol. The van der Waals surface area contributed by atoms with Gasteiger partial charge in [-0.05, 0) is 42.2 Å². The summed E-state index contributed by atoms with van der Waals surface area (Å²) < 4.78 is 6.35. The second kappa shape index (κ2) is 6.28. The maximum atomic E-state index is 12.1. The van der Waals surface area contributed by atoms with E-state index in [0.29, 0.717) is 5.56 Å². The third-order valence-corrected chi connectivity index (χ3v) is 4.63. The van der Waals surface area contributed by atoms with Gasteiger partial charge in [0.2, 0.25) is 0 Å². The fourth-order valence-electron chi connectivity index (χ4n) is 1.94. The summed E-state index contributed by atoms with van der Waals surface area (Å²) in [5.41, 5.74) is 4.23. The standard InChI is InChI=1S/C16H13NO2S2/c1-20-13-5-2-11(3-6-13)9-19-16(18)12-4-7-14-15(8-12)21-10-17-14/h2-8,10H,9H2,1H3. The van der Waals surface area contributed by atoms with Gasteiger partial charge < -0.3 is 4.74 Å². The Kier molecular flexibility index (Phi) is 4.22. The van der Waals surface area contributed by atoms with Crippen LogP contribution in [0.1, 0.15) is 15.9 Å². The lowest BCUT2D eigenvalue weighted by Crippen LogP contribution is -2.04. The normalized spacial score (nSPS) is 10.7. The van der Waals surface area contributed by atoms with Crippen LogP contribution < -0.4 is 0 Å². The van der Waals surface area contributed by atoms with E-state index in [1.54, 1.807) is 23.3 Å². The minimum absolute atomic E-state index is 0.286. The Morgan fingerprint density at radius 2 is 2.05 bits per heavy atom. The van der Waals surface area contributed by atoms with Gasteiger partial charge in [0, 0.05) is 4.90 Å². The quantitative estimate of drug-likeness (QED) is 0.529. The number of hydrogen-bond acceptors (Lipinski definition) is 5. The zero-order valence-corrected chi connectivity index (χ0v) is 13.0. The molecule has 0 aliphatic rings.